The van der Waals surface area contributed by atoms with Crippen molar-refractivity contribution in [1.29, 1.82) is 0 Å². The van der Waals surface area contributed by atoms with Gasteiger partial charge < -0.3 is 24.3 Å². The molecule has 0 saturated carbocycles. The van der Waals surface area contributed by atoms with Crippen molar-refractivity contribution < 1.29 is 28.5 Å². The van der Waals surface area contributed by atoms with E-state index in [-0.39, 0.29) is 12.5 Å². The van der Waals surface area contributed by atoms with Gasteiger partial charge in [0.1, 0.15) is 19.0 Å². The Balaban J connectivity index is 1.54. The van der Waals surface area contributed by atoms with Crippen molar-refractivity contribution in [3.05, 3.63) is 72.3 Å². The maximum absolute atomic E-state index is 11.1. The lowest BCUT2D eigenvalue weighted by Crippen LogP contribution is -2.13. The molecule has 0 unspecified atom stereocenters. The smallest absolute Gasteiger partial charge is 0.330 e. The first-order valence-electron chi connectivity index (χ1n) is 10.6. The topological polar surface area (TPSA) is 83.1 Å². The number of hydrogen-bond donors (Lipinski definition) is 1. The van der Waals surface area contributed by atoms with Gasteiger partial charge in [-0.2, -0.15) is 0 Å². The molecule has 32 heavy (non-hydrogen) atoms. The largest absolute Gasteiger partial charge is 0.491 e. The van der Waals surface area contributed by atoms with Gasteiger partial charge in [0.15, 0.2) is 0 Å². The van der Waals surface area contributed by atoms with Crippen molar-refractivity contribution in [2.75, 3.05) is 45.0 Å². The summed E-state index contributed by atoms with van der Waals surface area (Å²) in [5, 5.41) is 2.77. The summed E-state index contributed by atoms with van der Waals surface area (Å²) in [6, 6.07) is 16.0. The van der Waals surface area contributed by atoms with Gasteiger partial charge in [0.05, 0.1) is 26.4 Å². The van der Waals surface area contributed by atoms with Crippen molar-refractivity contribution in [2.24, 2.45) is 0 Å². The Kier molecular flexibility index (Phi) is 11.6. The van der Waals surface area contributed by atoms with E-state index >= 15 is 0 Å². The molecule has 0 bridgehead atoms. The summed E-state index contributed by atoms with van der Waals surface area (Å²) >= 11 is 0. The molecule has 0 spiro atoms. The van der Waals surface area contributed by atoms with Gasteiger partial charge in [-0.15, -0.1) is 0 Å². The van der Waals surface area contributed by atoms with E-state index in [9.17, 15) is 9.59 Å². The molecule has 0 atom stereocenters. The number of amides is 1. The van der Waals surface area contributed by atoms with Crippen molar-refractivity contribution in [3.8, 4) is 5.75 Å². The standard InChI is InChI=1S/C25H31NO6/c1-3-25(28)32-19-17-30-15-14-29-16-18-31-24-12-8-22(9-13-24)5-4-21-6-10-23(11-7-21)26-20(2)27/h3,6-13H,1,4-5,14-19H2,2H3,(H,26,27). The number of rotatable bonds is 15. The quantitative estimate of drug-likeness (QED) is 0.258. The molecule has 2 rings (SSSR count). The van der Waals surface area contributed by atoms with Crippen molar-refractivity contribution in [1.82, 2.24) is 0 Å². The molecular weight excluding hydrogens is 410 g/mol. The lowest BCUT2D eigenvalue weighted by molar-refractivity contribution is -0.139. The van der Waals surface area contributed by atoms with Crippen molar-refractivity contribution >= 4 is 17.6 Å². The zero-order chi connectivity index (χ0) is 23.0. The van der Waals surface area contributed by atoms with Crippen LogP contribution < -0.4 is 10.1 Å². The summed E-state index contributed by atoms with van der Waals surface area (Å²) in [5.74, 6) is 0.281. The van der Waals surface area contributed by atoms with Crippen LogP contribution in [0.1, 0.15) is 18.1 Å². The maximum atomic E-state index is 11.1. The molecule has 0 aromatic heterocycles. The third-order valence-corrected chi connectivity index (χ3v) is 4.41. The van der Waals surface area contributed by atoms with Crippen LogP contribution in [0, 0.1) is 0 Å². The van der Waals surface area contributed by atoms with Gasteiger partial charge in [-0.05, 0) is 48.2 Å². The highest BCUT2D eigenvalue weighted by Gasteiger charge is 2.00. The zero-order valence-corrected chi connectivity index (χ0v) is 18.5. The monoisotopic (exact) mass is 441 g/mol. The van der Waals surface area contributed by atoms with Crippen LogP contribution in [0.25, 0.3) is 0 Å². The number of benzene rings is 2. The molecule has 7 heteroatoms. The lowest BCUT2D eigenvalue weighted by atomic mass is 10.0. The van der Waals surface area contributed by atoms with E-state index in [2.05, 4.69) is 24.0 Å². The average molecular weight is 442 g/mol. The van der Waals surface area contributed by atoms with E-state index in [0.29, 0.717) is 33.0 Å². The second kappa shape index (κ2) is 14.8. The van der Waals surface area contributed by atoms with Gasteiger partial charge in [0.25, 0.3) is 0 Å². The van der Waals surface area contributed by atoms with Crippen LogP contribution in [0.4, 0.5) is 5.69 Å². The zero-order valence-electron chi connectivity index (χ0n) is 18.5. The van der Waals surface area contributed by atoms with Crippen molar-refractivity contribution in [3.63, 3.8) is 0 Å². The molecule has 0 aliphatic rings. The molecule has 2 aromatic rings. The Hall–Kier alpha value is -3.16. The van der Waals surface area contributed by atoms with Gasteiger partial charge in [0, 0.05) is 18.7 Å². The SMILES string of the molecule is C=CC(=O)OCCOCCOCCOc1ccc(CCc2ccc(NC(C)=O)cc2)cc1. The Morgan fingerprint density at radius 3 is 1.91 bits per heavy atom. The minimum atomic E-state index is -0.454. The second-order valence-electron chi connectivity index (χ2n) is 6.97. The Bertz CT molecular complexity index is 833. The summed E-state index contributed by atoms with van der Waals surface area (Å²) in [7, 11) is 0. The van der Waals surface area contributed by atoms with E-state index < -0.39 is 5.97 Å². The molecule has 0 aliphatic carbocycles. The van der Waals surface area contributed by atoms with Crippen LogP contribution in [0.3, 0.4) is 0 Å². The van der Waals surface area contributed by atoms with Gasteiger partial charge in [-0.1, -0.05) is 30.8 Å². The Morgan fingerprint density at radius 2 is 1.34 bits per heavy atom. The highest BCUT2D eigenvalue weighted by atomic mass is 16.6. The van der Waals surface area contributed by atoms with Gasteiger partial charge in [-0.25, -0.2) is 4.79 Å². The number of ether oxygens (including phenoxy) is 4. The molecule has 0 fully saturated rings. The number of hydrogen-bond acceptors (Lipinski definition) is 6. The normalized spacial score (nSPS) is 10.4. The van der Waals surface area contributed by atoms with E-state index in [4.69, 9.17) is 18.9 Å². The lowest BCUT2D eigenvalue weighted by Gasteiger charge is -2.09. The predicted molar refractivity (Wildman–Crippen MR) is 123 cm³/mol. The van der Waals surface area contributed by atoms with Crippen LogP contribution in [0.5, 0.6) is 5.75 Å². The maximum Gasteiger partial charge on any atom is 0.330 e. The first-order chi connectivity index (χ1) is 15.6. The highest BCUT2D eigenvalue weighted by Crippen LogP contribution is 2.15. The molecule has 1 amide bonds. The predicted octanol–water partition coefficient (Wildman–Crippen LogP) is 3.57. The fourth-order valence-corrected chi connectivity index (χ4v) is 2.80. The van der Waals surface area contributed by atoms with Crippen LogP contribution in [-0.2, 0) is 36.6 Å². The third-order valence-electron chi connectivity index (χ3n) is 4.41. The first-order valence-corrected chi connectivity index (χ1v) is 10.6. The van der Waals surface area contributed by atoms with E-state index in [1.54, 1.807) is 0 Å². The fraction of sp³-hybridized carbons (Fsp3) is 0.360. The van der Waals surface area contributed by atoms with Gasteiger partial charge in [0.2, 0.25) is 5.91 Å². The summed E-state index contributed by atoms with van der Waals surface area (Å²) in [4.78, 5) is 21.9. The summed E-state index contributed by atoms with van der Waals surface area (Å²) in [5.41, 5.74) is 3.26. The number of carbonyl (C=O) groups is 2. The Labute approximate surface area is 189 Å². The van der Waals surface area contributed by atoms with Gasteiger partial charge >= 0.3 is 5.97 Å². The highest BCUT2D eigenvalue weighted by molar-refractivity contribution is 5.88. The first kappa shape index (κ1) is 25.1. The number of nitrogens with one attached hydrogen (secondary N) is 1. The minimum absolute atomic E-state index is 0.0682. The van der Waals surface area contributed by atoms with E-state index in [0.717, 1.165) is 30.4 Å². The van der Waals surface area contributed by atoms with Crippen LogP contribution >= 0.6 is 0 Å². The van der Waals surface area contributed by atoms with Crippen molar-refractivity contribution in [2.45, 2.75) is 19.8 Å². The molecule has 0 aliphatic heterocycles. The molecule has 0 radical (unpaired) electrons. The number of anilines is 1. The van der Waals surface area contributed by atoms with Crippen LogP contribution in [0.2, 0.25) is 0 Å². The fourth-order valence-electron chi connectivity index (χ4n) is 2.80. The van der Waals surface area contributed by atoms with Crippen LogP contribution in [-0.4, -0.2) is 51.5 Å². The Morgan fingerprint density at radius 1 is 0.812 bits per heavy atom. The summed E-state index contributed by atoms with van der Waals surface area (Å²) < 4.78 is 21.2. The molecule has 0 saturated heterocycles. The molecule has 7 nitrogen and oxygen atoms in total. The molecule has 1 N–H and O–H groups in total. The molecular formula is C25H31NO6. The van der Waals surface area contributed by atoms with E-state index in [1.807, 2.05) is 36.4 Å². The van der Waals surface area contributed by atoms with E-state index in [1.165, 1.54) is 18.1 Å². The van der Waals surface area contributed by atoms with Crippen LogP contribution in [0.15, 0.2) is 61.2 Å². The second-order valence-corrected chi connectivity index (χ2v) is 6.97. The number of carbonyl (C=O) groups excluding carboxylic acids is 2. The molecule has 2 aromatic carbocycles. The number of aryl methyl sites for hydroxylation is 2. The number of esters is 1. The third kappa shape index (κ3) is 10.7. The minimum Gasteiger partial charge on any atom is -0.491 e. The average Bonchev–Trinajstić information content (AvgIpc) is 2.80. The summed E-state index contributed by atoms with van der Waals surface area (Å²) in [6.07, 6.45) is 2.97. The molecule has 172 valence electrons. The van der Waals surface area contributed by atoms with Gasteiger partial charge in [-0.3, -0.25) is 4.79 Å². The molecule has 0 heterocycles. The summed E-state index contributed by atoms with van der Waals surface area (Å²) in [6.45, 7) is 7.14.